The number of halogens is 1. The number of carbonyl (C=O) groups is 2. The molecule has 2 amide bonds. The largest absolute Gasteiger partial charge is 0.453 e. The summed E-state index contributed by atoms with van der Waals surface area (Å²) in [6.45, 7) is 7.40. The second kappa shape index (κ2) is 11.2. The molecule has 168 valence electrons. The molecule has 9 heteroatoms. The van der Waals surface area contributed by atoms with Crippen molar-refractivity contribution >= 4 is 38.3 Å². The fourth-order valence-electron chi connectivity index (χ4n) is 3.39. The highest BCUT2D eigenvalue weighted by Gasteiger charge is 2.33. The smallest absolute Gasteiger partial charge is 0.410 e. The van der Waals surface area contributed by atoms with Crippen molar-refractivity contribution in [3.63, 3.8) is 0 Å². The van der Waals surface area contributed by atoms with Gasteiger partial charge in [-0.3, -0.25) is 0 Å². The molecule has 1 aliphatic rings. The maximum atomic E-state index is 12.6. The monoisotopic (exact) mass is 458 g/mol. The normalized spacial score (nSPS) is 17.9. The molecule has 0 bridgehead atoms. The number of piperidine rings is 1. The van der Waals surface area contributed by atoms with E-state index in [0.29, 0.717) is 31.3 Å². The van der Waals surface area contributed by atoms with Crippen LogP contribution in [-0.2, 0) is 14.2 Å². The summed E-state index contributed by atoms with van der Waals surface area (Å²) < 4.78 is 16.3. The summed E-state index contributed by atoms with van der Waals surface area (Å²) in [5.41, 5.74) is 0.405. The minimum atomic E-state index is -0.540. The maximum absolute atomic E-state index is 12.6. The van der Waals surface area contributed by atoms with E-state index in [0.717, 1.165) is 23.7 Å². The van der Waals surface area contributed by atoms with Gasteiger partial charge < -0.3 is 24.4 Å². The first-order valence-electron chi connectivity index (χ1n) is 10.1. The lowest BCUT2D eigenvalue weighted by Crippen LogP contribution is -2.44. The van der Waals surface area contributed by atoms with E-state index in [1.165, 1.54) is 7.11 Å². The van der Waals surface area contributed by atoms with E-state index in [2.05, 4.69) is 19.3 Å². The molecule has 1 N–H and O–H groups in total. The Morgan fingerprint density at radius 3 is 2.73 bits per heavy atom. The zero-order valence-corrected chi connectivity index (χ0v) is 20.0. The van der Waals surface area contributed by atoms with Gasteiger partial charge >= 0.3 is 12.2 Å². The van der Waals surface area contributed by atoms with Gasteiger partial charge in [-0.25, -0.2) is 9.59 Å². The number of hydrogen-bond acceptors (Lipinski definition) is 5. The number of nitrogens with zero attached hydrogens (tertiary/aromatic N) is 1. The number of nitrogens with one attached hydrogen (secondary N) is 1. The van der Waals surface area contributed by atoms with Crippen LogP contribution in [0.25, 0.3) is 0 Å². The second-order valence-corrected chi connectivity index (χ2v) is 9.35. The number of benzene rings is 1. The van der Waals surface area contributed by atoms with E-state index in [1.54, 1.807) is 4.90 Å². The molecule has 7 nitrogen and oxygen atoms in total. The van der Waals surface area contributed by atoms with Gasteiger partial charge in [0.15, 0.2) is 0 Å². The Morgan fingerprint density at radius 2 is 2.10 bits per heavy atom. The second-order valence-electron chi connectivity index (χ2n) is 8.32. The van der Waals surface area contributed by atoms with Crippen LogP contribution in [0.2, 0.25) is 5.02 Å². The van der Waals surface area contributed by atoms with Crippen LogP contribution in [0.5, 0.6) is 0 Å². The summed E-state index contributed by atoms with van der Waals surface area (Å²) in [5, 5.41) is 4.16. The zero-order valence-electron chi connectivity index (χ0n) is 18.1. The lowest BCUT2D eigenvalue weighted by Gasteiger charge is -2.37. The summed E-state index contributed by atoms with van der Waals surface area (Å²) >= 11 is 6.34. The summed E-state index contributed by atoms with van der Waals surface area (Å²) in [7, 11) is 3.92. The van der Waals surface area contributed by atoms with Gasteiger partial charge in [-0.05, 0) is 50.5 Å². The first-order valence-corrected chi connectivity index (χ1v) is 11.0. The minimum absolute atomic E-state index is 0.0795. The van der Waals surface area contributed by atoms with Crippen molar-refractivity contribution in [2.45, 2.75) is 45.3 Å². The van der Waals surface area contributed by atoms with Crippen molar-refractivity contribution in [1.82, 2.24) is 10.2 Å². The quantitative estimate of drug-likeness (QED) is 0.516. The first kappa shape index (κ1) is 24.7. The van der Waals surface area contributed by atoms with Crippen LogP contribution in [-0.4, -0.2) is 56.0 Å². The molecule has 1 heterocycles. The van der Waals surface area contributed by atoms with E-state index in [-0.39, 0.29) is 18.1 Å². The Labute approximate surface area is 186 Å². The standard InChI is InChI=1S/C21H32ClN2O5P/c1-21(2,3)29-20(26)24-10-5-6-15(13-24)18(28-11-9-23-19(25)27-4)14-7-8-17(30)16(22)12-14/h7-8,12,15,18H,5-6,9-11,13,30H2,1-4H3,(H,23,25). The number of rotatable bonds is 6. The van der Waals surface area contributed by atoms with Crippen molar-refractivity contribution in [2.75, 3.05) is 33.4 Å². The number of likely N-dealkylation sites (tertiary alicyclic amines) is 1. The lowest BCUT2D eigenvalue weighted by molar-refractivity contribution is -0.0245. The van der Waals surface area contributed by atoms with Gasteiger partial charge in [-0.1, -0.05) is 23.7 Å². The third-order valence-corrected chi connectivity index (χ3v) is 5.76. The number of ether oxygens (including phenoxy) is 3. The van der Waals surface area contributed by atoms with Crippen LogP contribution in [0.4, 0.5) is 9.59 Å². The summed E-state index contributed by atoms with van der Waals surface area (Å²) in [5.74, 6) is 0.0795. The Balaban J connectivity index is 2.12. The van der Waals surface area contributed by atoms with Gasteiger partial charge in [0, 0.05) is 30.6 Å². The van der Waals surface area contributed by atoms with E-state index in [4.69, 9.17) is 21.1 Å². The molecule has 1 aromatic carbocycles. The number of hydrogen-bond donors (Lipinski definition) is 1. The molecule has 1 saturated heterocycles. The summed E-state index contributed by atoms with van der Waals surface area (Å²) in [4.78, 5) is 25.6. The van der Waals surface area contributed by atoms with Crippen LogP contribution < -0.4 is 10.6 Å². The van der Waals surface area contributed by atoms with Gasteiger partial charge in [0.05, 0.1) is 19.8 Å². The highest BCUT2D eigenvalue weighted by Crippen LogP contribution is 2.34. The molecule has 1 aromatic rings. The fraction of sp³-hybridized carbons (Fsp3) is 0.619. The van der Waals surface area contributed by atoms with Gasteiger partial charge in [0.1, 0.15) is 5.60 Å². The molecule has 0 aromatic heterocycles. The molecule has 1 aliphatic heterocycles. The van der Waals surface area contributed by atoms with Crippen LogP contribution in [0.1, 0.15) is 45.3 Å². The van der Waals surface area contributed by atoms with Gasteiger partial charge in [0.25, 0.3) is 0 Å². The van der Waals surface area contributed by atoms with Crippen molar-refractivity contribution in [3.05, 3.63) is 28.8 Å². The van der Waals surface area contributed by atoms with Gasteiger partial charge in [-0.2, -0.15) is 0 Å². The van der Waals surface area contributed by atoms with Crippen LogP contribution in [0.15, 0.2) is 18.2 Å². The van der Waals surface area contributed by atoms with Crippen molar-refractivity contribution < 1.29 is 23.8 Å². The van der Waals surface area contributed by atoms with E-state index in [9.17, 15) is 9.59 Å². The third-order valence-electron chi connectivity index (χ3n) is 4.74. The Bertz CT molecular complexity index is 741. The molecule has 1 fully saturated rings. The fourth-order valence-corrected chi connectivity index (χ4v) is 3.75. The van der Waals surface area contributed by atoms with Crippen molar-refractivity contribution in [2.24, 2.45) is 5.92 Å². The highest BCUT2D eigenvalue weighted by molar-refractivity contribution is 7.28. The van der Waals surface area contributed by atoms with E-state index in [1.807, 2.05) is 39.0 Å². The molecule has 3 atom stereocenters. The minimum Gasteiger partial charge on any atom is -0.453 e. The van der Waals surface area contributed by atoms with Crippen molar-refractivity contribution in [3.8, 4) is 0 Å². The Kier molecular flexibility index (Phi) is 9.20. The predicted molar refractivity (Wildman–Crippen MR) is 120 cm³/mol. The molecule has 0 radical (unpaired) electrons. The Morgan fingerprint density at radius 1 is 1.37 bits per heavy atom. The predicted octanol–water partition coefficient (Wildman–Crippen LogP) is 3.90. The zero-order chi connectivity index (χ0) is 22.3. The third kappa shape index (κ3) is 7.60. The van der Waals surface area contributed by atoms with Crippen LogP contribution >= 0.6 is 20.8 Å². The number of carbonyl (C=O) groups excluding carboxylic acids is 2. The number of amides is 2. The molecule has 0 saturated carbocycles. The average Bonchev–Trinajstić information content (AvgIpc) is 2.69. The molecule has 0 aliphatic carbocycles. The average molecular weight is 459 g/mol. The molecule has 2 rings (SSSR count). The van der Waals surface area contributed by atoms with Crippen LogP contribution in [0.3, 0.4) is 0 Å². The molecule has 3 unspecified atom stereocenters. The molecule has 0 spiro atoms. The molecular weight excluding hydrogens is 427 g/mol. The van der Waals surface area contributed by atoms with Gasteiger partial charge in [-0.15, -0.1) is 9.24 Å². The number of alkyl carbamates (subject to hydrolysis) is 1. The Hall–Kier alpha value is -1.56. The van der Waals surface area contributed by atoms with Gasteiger partial charge in [0.2, 0.25) is 0 Å². The van der Waals surface area contributed by atoms with Crippen molar-refractivity contribution in [1.29, 1.82) is 0 Å². The molecule has 30 heavy (non-hydrogen) atoms. The molecular formula is C21H32ClN2O5P. The lowest BCUT2D eigenvalue weighted by atomic mass is 9.88. The van der Waals surface area contributed by atoms with E-state index < -0.39 is 11.7 Å². The maximum Gasteiger partial charge on any atom is 0.410 e. The summed E-state index contributed by atoms with van der Waals surface area (Å²) in [6, 6.07) is 5.81. The van der Waals surface area contributed by atoms with Crippen LogP contribution in [0, 0.1) is 5.92 Å². The number of methoxy groups -OCH3 is 1. The topological polar surface area (TPSA) is 77.1 Å². The highest BCUT2D eigenvalue weighted by atomic mass is 35.5. The first-order chi connectivity index (χ1) is 14.1. The van der Waals surface area contributed by atoms with E-state index >= 15 is 0 Å². The summed E-state index contributed by atoms with van der Waals surface area (Å²) in [6.07, 6.45) is 0.697. The SMILES string of the molecule is COC(=O)NCCOC(c1ccc(P)c(Cl)c1)C1CCCN(C(=O)OC(C)(C)C)C1.